The summed E-state index contributed by atoms with van der Waals surface area (Å²) in [6, 6.07) is 0.369. The number of dihydropyridines is 1. The average molecular weight is 434 g/mol. The summed E-state index contributed by atoms with van der Waals surface area (Å²) < 4.78 is 2.65. The Kier molecular flexibility index (Phi) is 8.37. The fourth-order valence-corrected chi connectivity index (χ4v) is 5.37. The zero-order valence-electron chi connectivity index (χ0n) is 14.8. The van der Waals surface area contributed by atoms with Crippen LogP contribution in [-0.4, -0.2) is 14.9 Å². The maximum atomic E-state index is 3.80. The molecule has 2 rings (SSSR count). The number of hydrogen-bond acceptors (Lipinski definition) is 1. The molecule has 0 spiro atoms. The first-order valence-electron chi connectivity index (χ1n) is 8.72. The molecule has 0 aromatic heterocycles. The zero-order chi connectivity index (χ0) is 17.2. The summed E-state index contributed by atoms with van der Waals surface area (Å²) in [5, 5.41) is 3.52. The minimum absolute atomic E-state index is 0.245. The molecular formula is C22H29IN-. The molecule has 1 N–H and O–H groups in total. The number of nitrogens with one attached hydrogen (secondary N) is 1. The number of halogens is 1. The second-order valence-electron chi connectivity index (χ2n) is 6.22. The molecule has 0 fully saturated rings. The van der Waals surface area contributed by atoms with E-state index in [1.807, 2.05) is 12.2 Å². The van der Waals surface area contributed by atoms with E-state index in [0.717, 1.165) is 5.92 Å². The van der Waals surface area contributed by atoms with E-state index in [-0.39, 0.29) is 21.2 Å². The second kappa shape index (κ2) is 10.5. The van der Waals surface area contributed by atoms with Crippen molar-refractivity contribution in [3.8, 4) is 0 Å². The summed E-state index contributed by atoms with van der Waals surface area (Å²) in [7, 11) is 0. The number of rotatable bonds is 8. The van der Waals surface area contributed by atoms with Gasteiger partial charge in [-0.05, 0) is 0 Å². The fraction of sp³-hybridized carbons (Fsp3) is 0.364. The van der Waals surface area contributed by atoms with Crippen LogP contribution in [0.15, 0.2) is 84.2 Å². The van der Waals surface area contributed by atoms with E-state index in [9.17, 15) is 0 Å². The van der Waals surface area contributed by atoms with Crippen LogP contribution in [0.3, 0.4) is 0 Å². The molecule has 130 valence electrons. The van der Waals surface area contributed by atoms with Crippen LogP contribution in [0, 0.1) is 5.92 Å². The first-order valence-corrected chi connectivity index (χ1v) is 11.8. The molecule has 2 atom stereocenters. The Bertz CT molecular complexity index is 601. The van der Waals surface area contributed by atoms with Crippen molar-refractivity contribution in [2.24, 2.45) is 5.92 Å². The van der Waals surface area contributed by atoms with Crippen LogP contribution in [0.25, 0.3) is 0 Å². The van der Waals surface area contributed by atoms with Gasteiger partial charge in [-0.25, -0.2) is 0 Å². The van der Waals surface area contributed by atoms with Gasteiger partial charge in [-0.2, -0.15) is 0 Å². The van der Waals surface area contributed by atoms with Gasteiger partial charge in [-0.1, -0.05) is 0 Å². The van der Waals surface area contributed by atoms with E-state index in [0.29, 0.717) is 6.04 Å². The van der Waals surface area contributed by atoms with Gasteiger partial charge in [-0.15, -0.1) is 0 Å². The van der Waals surface area contributed by atoms with Gasteiger partial charge in [0.05, 0.1) is 0 Å². The molecule has 1 aliphatic heterocycles. The van der Waals surface area contributed by atoms with E-state index in [4.69, 9.17) is 0 Å². The molecule has 0 aromatic rings. The monoisotopic (exact) mass is 434 g/mol. The SMILES string of the molecule is C=C/C=C\C(=C/C[I-]CCC1C=CC=CC1)C1=CC=C(C)NC1C. The molecule has 0 aromatic carbocycles. The summed E-state index contributed by atoms with van der Waals surface area (Å²) in [4.78, 5) is 0. The van der Waals surface area contributed by atoms with Crippen molar-refractivity contribution in [2.45, 2.75) is 32.7 Å². The van der Waals surface area contributed by atoms with Gasteiger partial charge in [-0.3, -0.25) is 0 Å². The molecule has 0 radical (unpaired) electrons. The van der Waals surface area contributed by atoms with Gasteiger partial charge in [0.15, 0.2) is 0 Å². The van der Waals surface area contributed by atoms with Crippen molar-refractivity contribution >= 4 is 0 Å². The third-order valence-electron chi connectivity index (χ3n) is 4.26. The molecule has 0 amide bonds. The standard InChI is InChI=1S/C22H29IN/c1-4-5-11-21(22-13-12-18(2)24-19(22)3)15-17-23-16-14-20-9-7-6-8-10-20/h4-9,11-13,15,19-20,24H,1,10,14,16-17H2,2-3H3/q-1/b11-5-,21-15+. The minimum atomic E-state index is 0.245. The Hall–Kier alpha value is -1.29. The summed E-state index contributed by atoms with van der Waals surface area (Å²) in [5.74, 6) is 0.775. The molecule has 1 nitrogen and oxygen atoms in total. The third-order valence-corrected chi connectivity index (χ3v) is 6.71. The van der Waals surface area contributed by atoms with Crippen LogP contribution in [-0.2, 0) is 0 Å². The fourth-order valence-electron chi connectivity index (χ4n) is 2.90. The Morgan fingerprint density at radius 1 is 1.38 bits per heavy atom. The second-order valence-corrected chi connectivity index (χ2v) is 9.26. The van der Waals surface area contributed by atoms with Crippen molar-refractivity contribution in [3.05, 3.63) is 84.2 Å². The first kappa shape index (κ1) is 19.0. The van der Waals surface area contributed by atoms with Gasteiger partial charge in [0.25, 0.3) is 0 Å². The van der Waals surface area contributed by atoms with Crippen molar-refractivity contribution < 1.29 is 21.2 Å². The van der Waals surface area contributed by atoms with Gasteiger partial charge in [0.1, 0.15) is 0 Å². The van der Waals surface area contributed by atoms with Gasteiger partial charge in [0, 0.05) is 0 Å². The van der Waals surface area contributed by atoms with Crippen molar-refractivity contribution in [1.82, 2.24) is 5.32 Å². The molecule has 0 bridgehead atoms. The van der Waals surface area contributed by atoms with E-state index < -0.39 is 0 Å². The molecule has 2 heteroatoms. The van der Waals surface area contributed by atoms with Crippen molar-refractivity contribution in [2.75, 3.05) is 8.86 Å². The predicted octanol–water partition coefficient (Wildman–Crippen LogP) is 2.09. The van der Waals surface area contributed by atoms with Crippen LogP contribution in [0.2, 0.25) is 0 Å². The molecule has 0 saturated heterocycles. The Balaban J connectivity index is 1.89. The quantitative estimate of drug-likeness (QED) is 0.267. The molecule has 2 unspecified atom stereocenters. The summed E-state index contributed by atoms with van der Waals surface area (Å²) in [6.45, 7) is 8.15. The maximum absolute atomic E-state index is 3.80. The Labute approximate surface area is 157 Å². The van der Waals surface area contributed by atoms with Gasteiger partial charge in [0.2, 0.25) is 0 Å². The Morgan fingerprint density at radius 2 is 2.25 bits per heavy atom. The molecule has 1 heterocycles. The van der Waals surface area contributed by atoms with E-state index in [1.165, 1.54) is 38.5 Å². The van der Waals surface area contributed by atoms with Crippen LogP contribution in [0.1, 0.15) is 26.7 Å². The number of allylic oxidation sites excluding steroid dienone is 11. The first-order chi connectivity index (χ1) is 11.7. The zero-order valence-corrected chi connectivity index (χ0v) is 17.0. The molecule has 24 heavy (non-hydrogen) atoms. The average Bonchev–Trinajstić information content (AvgIpc) is 2.59. The van der Waals surface area contributed by atoms with Crippen LogP contribution in [0.4, 0.5) is 0 Å². The predicted molar refractivity (Wildman–Crippen MR) is 103 cm³/mol. The Morgan fingerprint density at radius 3 is 2.96 bits per heavy atom. The third kappa shape index (κ3) is 6.31. The van der Waals surface area contributed by atoms with Gasteiger partial charge >= 0.3 is 158 Å². The van der Waals surface area contributed by atoms with E-state index >= 15 is 0 Å². The van der Waals surface area contributed by atoms with Gasteiger partial charge < -0.3 is 0 Å². The normalized spacial score (nSPS) is 24.0. The summed E-state index contributed by atoms with van der Waals surface area (Å²) in [5.41, 5.74) is 3.96. The number of hydrogen-bond donors (Lipinski definition) is 1. The molecule has 1 aliphatic carbocycles. The summed E-state index contributed by atoms with van der Waals surface area (Å²) >= 11 is 0.245. The molecular weight excluding hydrogens is 405 g/mol. The van der Waals surface area contributed by atoms with Crippen LogP contribution < -0.4 is 26.5 Å². The van der Waals surface area contributed by atoms with E-state index in [2.05, 4.69) is 74.4 Å². The molecule has 0 saturated carbocycles. The number of alkyl halides is 2. The van der Waals surface area contributed by atoms with Crippen molar-refractivity contribution in [3.63, 3.8) is 0 Å². The van der Waals surface area contributed by atoms with Crippen molar-refractivity contribution in [1.29, 1.82) is 0 Å². The summed E-state index contributed by atoms with van der Waals surface area (Å²) in [6.07, 6.45) is 24.6. The molecule has 2 aliphatic rings. The topological polar surface area (TPSA) is 12.0 Å². The van der Waals surface area contributed by atoms with Crippen LogP contribution >= 0.6 is 0 Å². The van der Waals surface area contributed by atoms with Crippen LogP contribution in [0.5, 0.6) is 0 Å². The van der Waals surface area contributed by atoms with E-state index in [1.54, 1.807) is 0 Å².